The van der Waals surface area contributed by atoms with Gasteiger partial charge in [-0.15, -0.1) is 0 Å². The van der Waals surface area contributed by atoms with Crippen molar-refractivity contribution >= 4 is 38.6 Å². The van der Waals surface area contributed by atoms with Gasteiger partial charge in [0.1, 0.15) is 11.4 Å². The van der Waals surface area contributed by atoms with Crippen LogP contribution in [0.4, 0.5) is 10.6 Å². The quantitative estimate of drug-likeness (QED) is 0.308. The zero-order chi connectivity index (χ0) is 31.9. The second kappa shape index (κ2) is 11.5. The van der Waals surface area contributed by atoms with Gasteiger partial charge >= 0.3 is 6.09 Å². The molecule has 2 amide bonds. The van der Waals surface area contributed by atoms with Crippen molar-refractivity contribution in [3.8, 4) is 11.4 Å². The first-order valence-corrected chi connectivity index (χ1v) is 16.1. The Morgan fingerprint density at radius 3 is 2.45 bits per heavy atom. The number of anilines is 1. The van der Waals surface area contributed by atoms with Crippen molar-refractivity contribution < 1.29 is 22.7 Å². The van der Waals surface area contributed by atoms with E-state index in [2.05, 4.69) is 20.5 Å². The Kier molecular flexibility index (Phi) is 8.06. The second-order valence-corrected chi connectivity index (χ2v) is 14.4. The average molecular weight is 617 g/mol. The Balaban J connectivity index is 1.27. The maximum absolute atomic E-state index is 12.8. The SMILES string of the molecule is Cc1ccc(C(=O)NCc2cc3nc(-c4cccc(N5CC(C)(NC(=O)OC(C)(C)C)C5)n4)ccc3cn2)cc1S(C)(=O)=O. The minimum atomic E-state index is -3.46. The van der Waals surface area contributed by atoms with Crippen molar-refractivity contribution in [2.75, 3.05) is 24.2 Å². The van der Waals surface area contributed by atoms with E-state index in [0.717, 1.165) is 17.5 Å². The maximum Gasteiger partial charge on any atom is 0.408 e. The number of alkyl carbamates (subject to hydrolysis) is 1. The van der Waals surface area contributed by atoms with Gasteiger partial charge in [0.2, 0.25) is 0 Å². The summed E-state index contributed by atoms with van der Waals surface area (Å²) in [5.41, 5.74) is 2.54. The number of rotatable bonds is 7. The summed E-state index contributed by atoms with van der Waals surface area (Å²) in [5, 5.41) is 6.61. The molecule has 1 fully saturated rings. The summed E-state index contributed by atoms with van der Waals surface area (Å²) in [7, 11) is -3.46. The van der Waals surface area contributed by atoms with Crippen LogP contribution in [0.2, 0.25) is 0 Å². The van der Waals surface area contributed by atoms with Crippen molar-refractivity contribution in [1.29, 1.82) is 0 Å². The standard InChI is InChI=1S/C32H36N6O5S/c1-20-10-11-21(14-27(20)44(6,41)42)29(39)34-17-23-15-26-22(16-33-23)12-13-25(35-26)24-8-7-9-28(36-24)38-18-32(5,19-38)37-30(40)43-31(2,3)4/h7-16H,17-19H2,1-6H3,(H,34,39)(H,37,40). The smallest absolute Gasteiger partial charge is 0.408 e. The number of hydrogen-bond acceptors (Lipinski definition) is 9. The lowest BCUT2D eigenvalue weighted by molar-refractivity contribution is 0.0445. The lowest BCUT2D eigenvalue weighted by Crippen LogP contribution is -2.69. The number of carbonyl (C=O) groups excluding carboxylic acids is 2. The maximum atomic E-state index is 12.8. The van der Waals surface area contributed by atoms with Gasteiger partial charge in [-0.3, -0.25) is 9.78 Å². The van der Waals surface area contributed by atoms with Crippen LogP contribution in [0.3, 0.4) is 0 Å². The molecule has 1 aliphatic rings. The van der Waals surface area contributed by atoms with Crippen molar-refractivity contribution in [3.63, 3.8) is 0 Å². The fourth-order valence-electron chi connectivity index (χ4n) is 5.04. The number of ether oxygens (including phenoxy) is 1. The molecule has 0 atom stereocenters. The molecule has 11 nitrogen and oxygen atoms in total. The van der Waals surface area contributed by atoms with E-state index in [9.17, 15) is 18.0 Å². The third-order valence-electron chi connectivity index (χ3n) is 7.11. The molecule has 0 bridgehead atoms. The van der Waals surface area contributed by atoms with Gasteiger partial charge in [0.25, 0.3) is 5.91 Å². The molecule has 12 heteroatoms. The van der Waals surface area contributed by atoms with Gasteiger partial charge in [-0.2, -0.15) is 0 Å². The normalized spacial score (nSPS) is 14.5. The number of hydrogen-bond donors (Lipinski definition) is 2. The summed E-state index contributed by atoms with van der Waals surface area (Å²) in [5.74, 6) is 0.379. The summed E-state index contributed by atoms with van der Waals surface area (Å²) < 4.78 is 29.5. The average Bonchev–Trinajstić information content (AvgIpc) is 2.92. The molecule has 4 heterocycles. The molecule has 0 saturated carbocycles. The number of pyridine rings is 3. The molecule has 2 N–H and O–H groups in total. The van der Waals surface area contributed by atoms with Crippen LogP contribution in [0.5, 0.6) is 0 Å². The summed E-state index contributed by atoms with van der Waals surface area (Å²) >= 11 is 0. The fraction of sp³-hybridized carbons (Fsp3) is 0.344. The number of aromatic nitrogens is 3. The molecule has 0 radical (unpaired) electrons. The summed E-state index contributed by atoms with van der Waals surface area (Å²) in [6.07, 6.45) is 2.38. The first-order chi connectivity index (χ1) is 20.6. The molecule has 44 heavy (non-hydrogen) atoms. The van der Waals surface area contributed by atoms with Gasteiger partial charge in [0.05, 0.1) is 39.6 Å². The summed E-state index contributed by atoms with van der Waals surface area (Å²) in [6.45, 7) is 10.5. The van der Waals surface area contributed by atoms with Crippen LogP contribution in [0.15, 0.2) is 65.7 Å². The highest BCUT2D eigenvalue weighted by Crippen LogP contribution is 2.29. The molecule has 1 aromatic carbocycles. The van der Waals surface area contributed by atoms with E-state index in [1.165, 1.54) is 6.07 Å². The molecule has 1 aliphatic heterocycles. The van der Waals surface area contributed by atoms with Gasteiger partial charge in [-0.05, 0) is 82.6 Å². The molecule has 230 valence electrons. The van der Waals surface area contributed by atoms with Crippen molar-refractivity contribution in [2.24, 2.45) is 0 Å². The van der Waals surface area contributed by atoms with E-state index >= 15 is 0 Å². The largest absolute Gasteiger partial charge is 0.444 e. The topological polar surface area (TPSA) is 143 Å². The number of aryl methyl sites for hydroxylation is 1. The van der Waals surface area contributed by atoms with Crippen LogP contribution >= 0.6 is 0 Å². The third-order valence-corrected chi connectivity index (χ3v) is 8.35. The molecule has 0 unspecified atom stereocenters. The predicted octanol–water partition coefficient (Wildman–Crippen LogP) is 4.44. The van der Waals surface area contributed by atoms with Crippen LogP contribution in [0, 0.1) is 6.92 Å². The van der Waals surface area contributed by atoms with Crippen LogP contribution < -0.4 is 15.5 Å². The number of amides is 2. The predicted molar refractivity (Wildman–Crippen MR) is 168 cm³/mol. The van der Waals surface area contributed by atoms with E-state index in [0.29, 0.717) is 41.3 Å². The lowest BCUT2D eigenvalue weighted by atomic mass is 9.92. The summed E-state index contributed by atoms with van der Waals surface area (Å²) in [6, 6.07) is 16.0. The number of carbonyl (C=O) groups is 2. The zero-order valence-corrected chi connectivity index (χ0v) is 26.4. The minimum absolute atomic E-state index is 0.129. The Morgan fingerprint density at radius 1 is 1.02 bits per heavy atom. The minimum Gasteiger partial charge on any atom is -0.444 e. The highest BCUT2D eigenvalue weighted by molar-refractivity contribution is 7.90. The lowest BCUT2D eigenvalue weighted by Gasteiger charge is -2.48. The number of fused-ring (bicyclic) bond motifs is 1. The molecule has 0 spiro atoms. The number of sulfone groups is 1. The highest BCUT2D eigenvalue weighted by atomic mass is 32.2. The van der Waals surface area contributed by atoms with Gasteiger partial charge < -0.3 is 20.3 Å². The Morgan fingerprint density at radius 2 is 1.75 bits per heavy atom. The Hall–Kier alpha value is -4.58. The van der Waals surface area contributed by atoms with E-state index in [1.807, 2.05) is 64.1 Å². The number of benzene rings is 1. The van der Waals surface area contributed by atoms with E-state index < -0.39 is 33.0 Å². The van der Waals surface area contributed by atoms with Gasteiger partial charge in [0.15, 0.2) is 9.84 Å². The highest BCUT2D eigenvalue weighted by Gasteiger charge is 2.41. The van der Waals surface area contributed by atoms with Crippen molar-refractivity contribution in [2.45, 2.75) is 57.2 Å². The number of nitrogens with zero attached hydrogens (tertiary/aromatic N) is 4. The second-order valence-electron chi connectivity index (χ2n) is 12.4. The fourth-order valence-corrected chi connectivity index (χ4v) is 6.03. The molecular formula is C32H36N6O5S. The van der Waals surface area contributed by atoms with E-state index in [-0.39, 0.29) is 17.0 Å². The van der Waals surface area contributed by atoms with E-state index in [1.54, 1.807) is 25.3 Å². The van der Waals surface area contributed by atoms with Crippen molar-refractivity contribution in [3.05, 3.63) is 77.6 Å². The monoisotopic (exact) mass is 616 g/mol. The first-order valence-electron chi connectivity index (χ1n) is 14.2. The number of nitrogens with one attached hydrogen (secondary N) is 2. The van der Waals surface area contributed by atoms with E-state index in [4.69, 9.17) is 14.7 Å². The van der Waals surface area contributed by atoms with Gasteiger partial charge in [0, 0.05) is 36.5 Å². The van der Waals surface area contributed by atoms with Gasteiger partial charge in [-0.25, -0.2) is 23.2 Å². The van der Waals surface area contributed by atoms with Crippen LogP contribution in [-0.2, 0) is 21.1 Å². The third kappa shape index (κ3) is 7.13. The molecule has 3 aromatic heterocycles. The molecule has 5 rings (SSSR count). The molecule has 0 aliphatic carbocycles. The van der Waals surface area contributed by atoms with Crippen LogP contribution in [0.25, 0.3) is 22.3 Å². The molecule has 1 saturated heterocycles. The van der Waals surface area contributed by atoms with Crippen molar-refractivity contribution in [1.82, 2.24) is 25.6 Å². The molecular weight excluding hydrogens is 580 g/mol. The van der Waals surface area contributed by atoms with Crippen LogP contribution in [0.1, 0.15) is 49.3 Å². The Labute approximate surface area is 257 Å². The molecule has 4 aromatic rings. The summed E-state index contributed by atoms with van der Waals surface area (Å²) in [4.78, 5) is 41.3. The Bertz CT molecular complexity index is 1860. The zero-order valence-electron chi connectivity index (χ0n) is 25.6. The van der Waals surface area contributed by atoms with Crippen LogP contribution in [-0.4, -0.2) is 65.9 Å². The first kappa shape index (κ1) is 30.9. The van der Waals surface area contributed by atoms with Gasteiger partial charge in [-0.1, -0.05) is 12.1 Å².